The van der Waals surface area contributed by atoms with Gasteiger partial charge in [0.15, 0.2) is 0 Å². The predicted octanol–water partition coefficient (Wildman–Crippen LogP) is 5.05. The smallest absolute Gasteiger partial charge is 0.255 e. The summed E-state index contributed by atoms with van der Waals surface area (Å²) in [5.41, 5.74) is 2.54. The van der Waals surface area contributed by atoms with Gasteiger partial charge in [0.25, 0.3) is 5.91 Å². The van der Waals surface area contributed by atoms with Gasteiger partial charge in [-0.05, 0) is 48.4 Å². The van der Waals surface area contributed by atoms with Gasteiger partial charge >= 0.3 is 0 Å². The largest absolute Gasteiger partial charge is 0.390 e. The number of aliphatic hydroxyl groups is 1. The molecule has 0 unspecified atom stereocenters. The van der Waals surface area contributed by atoms with Gasteiger partial charge in [-0.1, -0.05) is 53.0 Å². The van der Waals surface area contributed by atoms with E-state index in [2.05, 4.69) is 33.3 Å². The molecule has 1 atom stereocenters. The molecule has 1 aromatic heterocycles. The summed E-state index contributed by atoms with van der Waals surface area (Å²) >= 11 is 9.42. The Morgan fingerprint density at radius 1 is 1.29 bits per heavy atom. The van der Waals surface area contributed by atoms with Crippen molar-refractivity contribution < 1.29 is 9.90 Å². The molecule has 28 heavy (non-hydrogen) atoms. The second kappa shape index (κ2) is 9.37. The van der Waals surface area contributed by atoms with Crippen LogP contribution in [0.2, 0.25) is 5.02 Å². The van der Waals surface area contributed by atoms with Crippen molar-refractivity contribution in [2.24, 2.45) is 0 Å². The van der Waals surface area contributed by atoms with Crippen LogP contribution >= 0.6 is 27.5 Å². The summed E-state index contributed by atoms with van der Waals surface area (Å²) in [6.07, 6.45) is 3.22. The molecular formula is C21H21BrClN3O2. The van der Waals surface area contributed by atoms with Gasteiger partial charge in [-0.25, -0.2) is 4.68 Å². The monoisotopic (exact) mass is 461 g/mol. The number of nitrogens with one attached hydrogen (secondary N) is 1. The summed E-state index contributed by atoms with van der Waals surface area (Å²) in [6, 6.07) is 14.8. The van der Waals surface area contributed by atoms with Crippen molar-refractivity contribution in [3.8, 4) is 5.69 Å². The summed E-state index contributed by atoms with van der Waals surface area (Å²) in [5.74, 6) is -0.261. The number of carbonyl (C=O) groups is 1. The Labute approximate surface area is 177 Å². The van der Waals surface area contributed by atoms with Crippen LogP contribution in [0.4, 0.5) is 0 Å². The van der Waals surface area contributed by atoms with Crippen molar-refractivity contribution in [3.05, 3.63) is 81.0 Å². The first kappa shape index (κ1) is 20.6. The van der Waals surface area contributed by atoms with Crippen molar-refractivity contribution in [1.29, 1.82) is 0 Å². The number of amides is 1. The van der Waals surface area contributed by atoms with Crippen LogP contribution in [0.15, 0.2) is 59.2 Å². The first-order valence-corrected chi connectivity index (χ1v) is 10.2. The molecule has 5 nitrogen and oxygen atoms in total. The molecule has 3 aromatic rings. The number of nitrogens with zero attached hydrogens (tertiary/aromatic N) is 2. The molecule has 0 aliphatic rings. The van der Waals surface area contributed by atoms with Gasteiger partial charge in [-0.15, -0.1) is 0 Å². The lowest BCUT2D eigenvalue weighted by Gasteiger charge is -2.19. The molecule has 3 rings (SSSR count). The Morgan fingerprint density at radius 3 is 2.68 bits per heavy atom. The number of rotatable bonds is 7. The van der Waals surface area contributed by atoms with Crippen LogP contribution < -0.4 is 5.32 Å². The molecule has 0 aliphatic heterocycles. The lowest BCUT2D eigenvalue weighted by Crippen LogP contribution is -2.29. The third-order valence-corrected chi connectivity index (χ3v) is 5.21. The summed E-state index contributed by atoms with van der Waals surface area (Å²) in [5, 5.41) is 17.9. The Bertz CT molecular complexity index is 957. The summed E-state index contributed by atoms with van der Waals surface area (Å²) in [4.78, 5) is 13.0. The zero-order chi connectivity index (χ0) is 20.1. The average Bonchev–Trinajstić information content (AvgIpc) is 3.12. The maximum Gasteiger partial charge on any atom is 0.255 e. The van der Waals surface area contributed by atoms with Gasteiger partial charge in [0.05, 0.1) is 35.8 Å². The normalized spacial score (nSPS) is 12.0. The van der Waals surface area contributed by atoms with Crippen molar-refractivity contribution in [3.63, 3.8) is 0 Å². The maximum absolute atomic E-state index is 13.0. The molecule has 0 fully saturated rings. The number of hydrogen-bond acceptors (Lipinski definition) is 3. The van der Waals surface area contributed by atoms with E-state index in [-0.39, 0.29) is 18.6 Å². The van der Waals surface area contributed by atoms with Crippen LogP contribution in [0, 0.1) is 0 Å². The SMILES string of the molecule is CCC[C@H](NC(=O)c1cnn(-c2ccc(Cl)cc2)c1CO)c1cccc(Br)c1. The number of hydrogen-bond donors (Lipinski definition) is 2. The van der Waals surface area contributed by atoms with Gasteiger partial charge < -0.3 is 10.4 Å². The van der Waals surface area contributed by atoms with E-state index >= 15 is 0 Å². The highest BCUT2D eigenvalue weighted by molar-refractivity contribution is 9.10. The highest BCUT2D eigenvalue weighted by atomic mass is 79.9. The van der Waals surface area contributed by atoms with E-state index in [0.29, 0.717) is 16.3 Å². The molecule has 0 saturated carbocycles. The minimum Gasteiger partial charge on any atom is -0.390 e. The second-order valence-corrected chi connectivity index (χ2v) is 7.77. The molecule has 0 radical (unpaired) electrons. The number of aromatic nitrogens is 2. The molecule has 7 heteroatoms. The zero-order valence-corrected chi connectivity index (χ0v) is 17.7. The van der Waals surface area contributed by atoms with Crippen LogP contribution in [-0.4, -0.2) is 20.8 Å². The number of halogens is 2. The summed E-state index contributed by atoms with van der Waals surface area (Å²) < 4.78 is 2.52. The van der Waals surface area contributed by atoms with Crippen molar-refractivity contribution in [2.45, 2.75) is 32.4 Å². The summed E-state index contributed by atoms with van der Waals surface area (Å²) in [7, 11) is 0. The molecule has 146 valence electrons. The molecule has 1 amide bonds. The third kappa shape index (κ3) is 4.63. The van der Waals surface area contributed by atoms with Gasteiger partial charge in [-0.2, -0.15) is 5.10 Å². The number of aliphatic hydroxyl groups excluding tert-OH is 1. The molecular weight excluding hydrogens is 442 g/mol. The van der Waals surface area contributed by atoms with Crippen LogP contribution in [0.25, 0.3) is 5.69 Å². The molecule has 0 spiro atoms. The van der Waals surface area contributed by atoms with E-state index in [4.69, 9.17) is 11.6 Å². The third-order valence-electron chi connectivity index (χ3n) is 4.47. The number of benzene rings is 2. The first-order chi connectivity index (χ1) is 13.5. The molecule has 2 N–H and O–H groups in total. The topological polar surface area (TPSA) is 67.2 Å². The molecule has 2 aromatic carbocycles. The second-order valence-electron chi connectivity index (χ2n) is 6.42. The Hall–Kier alpha value is -2.15. The lowest BCUT2D eigenvalue weighted by atomic mass is 10.0. The Morgan fingerprint density at radius 2 is 2.04 bits per heavy atom. The zero-order valence-electron chi connectivity index (χ0n) is 15.4. The van der Waals surface area contributed by atoms with Gasteiger partial charge in [0, 0.05) is 9.50 Å². The van der Waals surface area contributed by atoms with Crippen LogP contribution in [0.5, 0.6) is 0 Å². The quantitative estimate of drug-likeness (QED) is 0.516. The maximum atomic E-state index is 13.0. The van der Waals surface area contributed by atoms with Gasteiger partial charge in [-0.3, -0.25) is 4.79 Å². The van der Waals surface area contributed by atoms with Crippen molar-refractivity contribution in [1.82, 2.24) is 15.1 Å². The first-order valence-electron chi connectivity index (χ1n) is 9.03. The van der Waals surface area contributed by atoms with Crippen molar-refractivity contribution in [2.75, 3.05) is 0 Å². The van der Waals surface area contributed by atoms with E-state index in [1.807, 2.05) is 24.3 Å². The van der Waals surface area contributed by atoms with Gasteiger partial charge in [0.1, 0.15) is 0 Å². The molecule has 1 heterocycles. The fourth-order valence-corrected chi connectivity index (χ4v) is 3.63. The minimum absolute atomic E-state index is 0.125. The fourth-order valence-electron chi connectivity index (χ4n) is 3.09. The molecule has 0 bridgehead atoms. The highest BCUT2D eigenvalue weighted by Gasteiger charge is 2.21. The van der Waals surface area contributed by atoms with Crippen LogP contribution in [0.3, 0.4) is 0 Å². The Balaban J connectivity index is 1.88. The van der Waals surface area contributed by atoms with Crippen LogP contribution in [0.1, 0.15) is 47.4 Å². The number of carbonyl (C=O) groups excluding carboxylic acids is 1. The molecule has 0 saturated heterocycles. The highest BCUT2D eigenvalue weighted by Crippen LogP contribution is 2.24. The van der Waals surface area contributed by atoms with E-state index in [1.165, 1.54) is 6.20 Å². The summed E-state index contributed by atoms with van der Waals surface area (Å²) in [6.45, 7) is 1.77. The predicted molar refractivity (Wildman–Crippen MR) is 114 cm³/mol. The van der Waals surface area contributed by atoms with Crippen LogP contribution in [-0.2, 0) is 6.61 Å². The van der Waals surface area contributed by atoms with Gasteiger partial charge in [0.2, 0.25) is 0 Å². The lowest BCUT2D eigenvalue weighted by molar-refractivity contribution is 0.0931. The van der Waals surface area contributed by atoms with E-state index in [9.17, 15) is 9.90 Å². The van der Waals surface area contributed by atoms with E-state index in [0.717, 1.165) is 28.6 Å². The fraction of sp³-hybridized carbons (Fsp3) is 0.238. The standard InChI is InChI=1S/C21H21BrClN3O2/c1-2-4-19(14-5-3-6-15(22)11-14)25-21(28)18-12-24-26(20(18)13-27)17-9-7-16(23)8-10-17/h3,5-12,19,27H,2,4,13H2,1H3,(H,25,28)/t19-/m0/s1. The van der Waals surface area contributed by atoms with Crippen molar-refractivity contribution >= 4 is 33.4 Å². The van der Waals surface area contributed by atoms with E-state index < -0.39 is 0 Å². The Kier molecular flexibility index (Phi) is 6.88. The molecule has 0 aliphatic carbocycles. The average molecular weight is 463 g/mol. The minimum atomic E-state index is -0.305. The van der Waals surface area contributed by atoms with E-state index in [1.54, 1.807) is 28.9 Å².